The van der Waals surface area contributed by atoms with Crippen molar-refractivity contribution in [3.05, 3.63) is 24.5 Å². The lowest BCUT2D eigenvalue weighted by Crippen LogP contribution is -2.32. The van der Waals surface area contributed by atoms with Gasteiger partial charge in [0.25, 0.3) is 5.91 Å². The van der Waals surface area contributed by atoms with Gasteiger partial charge in [-0.05, 0) is 13.0 Å². The van der Waals surface area contributed by atoms with Crippen LogP contribution in [-0.2, 0) is 9.63 Å². The van der Waals surface area contributed by atoms with Gasteiger partial charge in [-0.3, -0.25) is 4.79 Å². The Balaban J connectivity index is 2.73. The Bertz CT molecular complexity index is 196. The highest BCUT2D eigenvalue weighted by Gasteiger charge is 2.18. The fraction of sp³-hybridized carbons (Fsp3) is 0.286. The molecule has 0 saturated carbocycles. The van der Waals surface area contributed by atoms with E-state index in [9.17, 15) is 4.79 Å². The Hall–Kier alpha value is -1.25. The molecule has 1 unspecified atom stereocenters. The van der Waals surface area contributed by atoms with Gasteiger partial charge in [-0.25, -0.2) is 0 Å². The van der Waals surface area contributed by atoms with E-state index in [0.717, 1.165) is 5.57 Å². The van der Waals surface area contributed by atoms with Gasteiger partial charge in [-0.1, -0.05) is 12.2 Å². The van der Waals surface area contributed by atoms with E-state index in [2.05, 4.69) is 16.9 Å². The summed E-state index contributed by atoms with van der Waals surface area (Å²) in [5, 5.41) is 0. The van der Waals surface area contributed by atoms with E-state index >= 15 is 0 Å². The molecular formula is C7H9NO2. The molecule has 0 spiro atoms. The molecule has 0 radical (unpaired) electrons. The number of hydrogen-bond donors (Lipinski definition) is 1. The molecule has 1 amide bonds. The van der Waals surface area contributed by atoms with Gasteiger partial charge >= 0.3 is 0 Å². The molecule has 54 valence electrons. The Morgan fingerprint density at radius 3 is 3.00 bits per heavy atom. The zero-order chi connectivity index (χ0) is 7.56. The van der Waals surface area contributed by atoms with Crippen molar-refractivity contribution < 1.29 is 9.63 Å². The second kappa shape index (κ2) is 2.56. The van der Waals surface area contributed by atoms with Crippen LogP contribution in [0.25, 0.3) is 0 Å². The van der Waals surface area contributed by atoms with E-state index in [1.807, 2.05) is 0 Å². The number of hydroxylamine groups is 1. The lowest BCUT2D eigenvalue weighted by atomic mass is 10.0. The van der Waals surface area contributed by atoms with Crippen LogP contribution in [0.15, 0.2) is 24.5 Å². The molecule has 1 aliphatic rings. The summed E-state index contributed by atoms with van der Waals surface area (Å²) in [6.07, 6.45) is 3.11. The van der Waals surface area contributed by atoms with Gasteiger partial charge in [0.2, 0.25) is 0 Å². The molecule has 1 aliphatic heterocycles. The second-order valence-electron chi connectivity index (χ2n) is 2.24. The molecule has 0 bridgehead atoms. The van der Waals surface area contributed by atoms with Gasteiger partial charge in [0.05, 0.1) is 5.92 Å². The van der Waals surface area contributed by atoms with Crippen LogP contribution in [0.5, 0.6) is 0 Å². The maximum atomic E-state index is 10.9. The first kappa shape index (κ1) is 6.86. The maximum Gasteiger partial charge on any atom is 0.263 e. The van der Waals surface area contributed by atoms with Crippen LogP contribution >= 0.6 is 0 Å². The Morgan fingerprint density at radius 1 is 1.90 bits per heavy atom. The van der Waals surface area contributed by atoms with Crippen LogP contribution in [0.1, 0.15) is 6.92 Å². The first-order valence-corrected chi connectivity index (χ1v) is 2.99. The Morgan fingerprint density at radius 2 is 2.60 bits per heavy atom. The third-order valence-electron chi connectivity index (χ3n) is 1.31. The monoisotopic (exact) mass is 139 g/mol. The summed E-state index contributed by atoms with van der Waals surface area (Å²) >= 11 is 0. The van der Waals surface area contributed by atoms with E-state index in [-0.39, 0.29) is 11.8 Å². The van der Waals surface area contributed by atoms with Gasteiger partial charge in [0.1, 0.15) is 6.26 Å². The second-order valence-corrected chi connectivity index (χ2v) is 2.24. The summed E-state index contributed by atoms with van der Waals surface area (Å²) in [5.41, 5.74) is 3.04. The summed E-state index contributed by atoms with van der Waals surface area (Å²) in [6.45, 7) is 5.47. The molecule has 0 saturated heterocycles. The van der Waals surface area contributed by atoms with Gasteiger partial charge in [0.15, 0.2) is 0 Å². The molecule has 0 aromatic carbocycles. The van der Waals surface area contributed by atoms with E-state index in [0.29, 0.717) is 0 Å². The quantitative estimate of drug-likeness (QED) is 0.544. The highest BCUT2D eigenvalue weighted by molar-refractivity contribution is 5.82. The van der Waals surface area contributed by atoms with Crippen molar-refractivity contribution in [1.29, 1.82) is 0 Å². The normalized spacial score (nSPS) is 23.3. The molecule has 10 heavy (non-hydrogen) atoms. The third kappa shape index (κ3) is 1.18. The van der Waals surface area contributed by atoms with Crippen LogP contribution in [-0.4, -0.2) is 5.91 Å². The molecule has 1 rings (SSSR count). The van der Waals surface area contributed by atoms with Crippen molar-refractivity contribution in [3.8, 4) is 0 Å². The first-order valence-electron chi connectivity index (χ1n) is 2.99. The molecule has 3 heteroatoms. The predicted octanol–water partition coefficient (Wildman–Crippen LogP) is 0.754. The van der Waals surface area contributed by atoms with Crippen LogP contribution in [0, 0.1) is 5.92 Å². The van der Waals surface area contributed by atoms with Crippen molar-refractivity contribution in [2.45, 2.75) is 6.92 Å². The minimum absolute atomic E-state index is 0.157. The van der Waals surface area contributed by atoms with Gasteiger partial charge in [-0.2, -0.15) is 5.48 Å². The smallest absolute Gasteiger partial charge is 0.263 e. The number of rotatable bonds is 1. The number of nitrogens with one attached hydrogen (secondary N) is 1. The lowest BCUT2D eigenvalue weighted by Gasteiger charge is -2.15. The molecule has 1 N–H and O–H groups in total. The summed E-state index contributed by atoms with van der Waals surface area (Å²) in [7, 11) is 0. The van der Waals surface area contributed by atoms with E-state index in [4.69, 9.17) is 0 Å². The highest BCUT2D eigenvalue weighted by Crippen LogP contribution is 2.12. The van der Waals surface area contributed by atoms with E-state index in [1.54, 1.807) is 13.0 Å². The van der Waals surface area contributed by atoms with Crippen molar-refractivity contribution in [2.24, 2.45) is 5.92 Å². The molecular weight excluding hydrogens is 130 g/mol. The molecule has 0 fully saturated rings. The fourth-order valence-electron chi connectivity index (χ4n) is 0.749. The van der Waals surface area contributed by atoms with Crippen molar-refractivity contribution in [2.75, 3.05) is 0 Å². The largest absolute Gasteiger partial charge is 0.388 e. The number of carbonyl (C=O) groups is 1. The standard InChI is InChI=1S/C7H9NO2/c1-5(2)6-3-4-10-8-7(6)9/h3-4,6H,1H2,2H3,(H,8,9). The van der Waals surface area contributed by atoms with E-state index < -0.39 is 0 Å². The average Bonchev–Trinajstić information content (AvgIpc) is 1.88. The van der Waals surface area contributed by atoms with Crippen molar-refractivity contribution in [3.63, 3.8) is 0 Å². The summed E-state index contributed by atoms with van der Waals surface area (Å²) in [5.74, 6) is -0.385. The summed E-state index contributed by atoms with van der Waals surface area (Å²) < 4.78 is 0. The minimum atomic E-state index is -0.228. The molecule has 3 nitrogen and oxygen atoms in total. The van der Waals surface area contributed by atoms with Crippen LogP contribution < -0.4 is 5.48 Å². The van der Waals surface area contributed by atoms with Crippen LogP contribution in [0.2, 0.25) is 0 Å². The SMILES string of the molecule is C=C(C)C1C=CONC1=O. The number of amides is 1. The molecule has 0 aliphatic carbocycles. The van der Waals surface area contributed by atoms with Crippen LogP contribution in [0.3, 0.4) is 0 Å². The molecule has 1 heterocycles. The molecule has 1 atom stereocenters. The van der Waals surface area contributed by atoms with Gasteiger partial charge < -0.3 is 4.84 Å². The topological polar surface area (TPSA) is 38.3 Å². The molecule has 0 aromatic rings. The summed E-state index contributed by atoms with van der Waals surface area (Å²) in [6, 6.07) is 0. The first-order chi connectivity index (χ1) is 4.72. The fourth-order valence-corrected chi connectivity index (χ4v) is 0.749. The van der Waals surface area contributed by atoms with Gasteiger partial charge in [0, 0.05) is 0 Å². The maximum absolute atomic E-state index is 10.9. The molecule has 0 aromatic heterocycles. The number of hydrogen-bond acceptors (Lipinski definition) is 2. The highest BCUT2D eigenvalue weighted by atomic mass is 16.6. The zero-order valence-electron chi connectivity index (χ0n) is 5.76. The van der Waals surface area contributed by atoms with Crippen LogP contribution in [0.4, 0.5) is 0 Å². The third-order valence-corrected chi connectivity index (χ3v) is 1.31. The predicted molar refractivity (Wildman–Crippen MR) is 36.7 cm³/mol. The lowest BCUT2D eigenvalue weighted by molar-refractivity contribution is -0.132. The zero-order valence-corrected chi connectivity index (χ0v) is 5.76. The Kier molecular flexibility index (Phi) is 1.76. The van der Waals surface area contributed by atoms with Crippen molar-refractivity contribution >= 4 is 5.91 Å². The average molecular weight is 139 g/mol. The minimum Gasteiger partial charge on any atom is -0.388 e. The Labute approximate surface area is 59.3 Å². The van der Waals surface area contributed by atoms with E-state index in [1.165, 1.54) is 6.26 Å². The van der Waals surface area contributed by atoms with Gasteiger partial charge in [-0.15, -0.1) is 0 Å². The number of carbonyl (C=O) groups excluding carboxylic acids is 1. The summed E-state index contributed by atoms with van der Waals surface area (Å²) in [4.78, 5) is 15.4. The van der Waals surface area contributed by atoms with Crippen molar-refractivity contribution in [1.82, 2.24) is 5.48 Å².